The molecule has 0 bridgehead atoms. The van der Waals surface area contributed by atoms with E-state index < -0.39 is 0 Å². The summed E-state index contributed by atoms with van der Waals surface area (Å²) in [6.07, 6.45) is 8.61. The Balaban J connectivity index is 0. The molecule has 0 saturated heterocycles. The van der Waals surface area contributed by atoms with Crippen LogP contribution in [0, 0.1) is 0 Å². The maximum absolute atomic E-state index is 12.1. The van der Waals surface area contributed by atoms with Crippen LogP contribution >= 0.6 is 17.0 Å². The third kappa shape index (κ3) is 13.1. The third-order valence-corrected chi connectivity index (χ3v) is 3.47. The molecule has 0 heterocycles. The summed E-state index contributed by atoms with van der Waals surface area (Å²) < 4.78 is 0. The minimum Gasteiger partial charge on any atom is -0.339 e. The Labute approximate surface area is 142 Å². The van der Waals surface area contributed by atoms with Crippen molar-refractivity contribution in [1.29, 1.82) is 0 Å². The molecule has 0 aromatic heterocycles. The molecule has 3 nitrogen and oxygen atoms in total. The monoisotopic (exact) mass is 362 g/mol. The molecule has 0 radical (unpaired) electrons. The first-order chi connectivity index (χ1) is 9.49. The van der Waals surface area contributed by atoms with Crippen LogP contribution in [0.5, 0.6) is 0 Å². The second-order valence-corrected chi connectivity index (χ2v) is 6.00. The second kappa shape index (κ2) is 14.6. The molecule has 0 aromatic carbocycles. The largest absolute Gasteiger partial charge is 0.339 e. The average molecular weight is 363 g/mol. The first-order valence-electron chi connectivity index (χ1n) is 8.08. The van der Waals surface area contributed by atoms with E-state index in [9.17, 15) is 4.79 Å². The van der Waals surface area contributed by atoms with E-state index >= 15 is 0 Å². The fraction of sp³-hybridized carbons (Fsp3) is 0.824. The zero-order chi connectivity index (χ0) is 15.4. The average Bonchev–Trinajstić information content (AvgIpc) is 2.39. The van der Waals surface area contributed by atoms with E-state index in [0.717, 1.165) is 32.5 Å². The number of carbonyl (C=O) groups is 1. The number of hydrogen-bond donors (Lipinski definition) is 0. The highest BCUT2D eigenvalue weighted by molar-refractivity contribution is 8.93. The van der Waals surface area contributed by atoms with E-state index in [1.165, 1.54) is 32.1 Å². The van der Waals surface area contributed by atoms with Gasteiger partial charge in [0.15, 0.2) is 0 Å². The highest BCUT2D eigenvalue weighted by Crippen LogP contribution is 2.08. The minimum absolute atomic E-state index is 0. The molecule has 0 aliphatic heterocycles. The number of rotatable bonds is 12. The van der Waals surface area contributed by atoms with Crippen molar-refractivity contribution in [3.63, 3.8) is 0 Å². The molecule has 126 valence electrons. The Morgan fingerprint density at radius 2 is 1.43 bits per heavy atom. The number of hydrogen-bond acceptors (Lipinski definition) is 2. The summed E-state index contributed by atoms with van der Waals surface area (Å²) in [4.78, 5) is 16.2. The Hall–Kier alpha value is -0.350. The summed E-state index contributed by atoms with van der Waals surface area (Å²) in [6.45, 7) is 10.6. The van der Waals surface area contributed by atoms with Crippen molar-refractivity contribution in [3.8, 4) is 0 Å². The van der Waals surface area contributed by atoms with Crippen LogP contribution in [0.1, 0.15) is 58.8 Å². The number of unbranched alkanes of at least 4 members (excludes halogenated alkanes) is 5. The molecule has 21 heavy (non-hydrogen) atoms. The molecule has 4 heteroatoms. The SMILES string of the molecule is Br.C=C(C)C(=O)N(CCCCCCCC)CCCN(C)C. The number of carbonyl (C=O) groups excluding carboxylic acids is 1. The van der Waals surface area contributed by atoms with Gasteiger partial charge in [-0.1, -0.05) is 45.6 Å². The Morgan fingerprint density at radius 3 is 1.95 bits per heavy atom. The quantitative estimate of drug-likeness (QED) is 0.382. The molecule has 0 unspecified atom stereocenters. The van der Waals surface area contributed by atoms with Crippen LogP contribution in [0.15, 0.2) is 12.2 Å². The van der Waals surface area contributed by atoms with Crippen molar-refractivity contribution >= 4 is 22.9 Å². The lowest BCUT2D eigenvalue weighted by Crippen LogP contribution is -2.34. The lowest BCUT2D eigenvalue weighted by atomic mass is 10.1. The van der Waals surface area contributed by atoms with Gasteiger partial charge in [-0.15, -0.1) is 17.0 Å². The molecule has 0 fully saturated rings. The van der Waals surface area contributed by atoms with Crippen molar-refractivity contribution in [2.24, 2.45) is 0 Å². The fourth-order valence-electron chi connectivity index (χ4n) is 2.25. The molecule has 0 aliphatic rings. The summed E-state index contributed by atoms with van der Waals surface area (Å²) in [5, 5.41) is 0. The summed E-state index contributed by atoms with van der Waals surface area (Å²) in [5.74, 6) is 0.123. The van der Waals surface area contributed by atoms with E-state index in [1.54, 1.807) is 0 Å². The van der Waals surface area contributed by atoms with Gasteiger partial charge in [-0.2, -0.15) is 0 Å². The maximum Gasteiger partial charge on any atom is 0.248 e. The minimum atomic E-state index is 0. The van der Waals surface area contributed by atoms with E-state index in [1.807, 2.05) is 11.8 Å². The Morgan fingerprint density at radius 1 is 0.905 bits per heavy atom. The van der Waals surface area contributed by atoms with Gasteiger partial charge < -0.3 is 9.80 Å². The van der Waals surface area contributed by atoms with Crippen molar-refractivity contribution in [1.82, 2.24) is 9.80 Å². The highest BCUT2D eigenvalue weighted by atomic mass is 79.9. The van der Waals surface area contributed by atoms with Gasteiger partial charge in [0.1, 0.15) is 0 Å². The second-order valence-electron chi connectivity index (χ2n) is 6.00. The van der Waals surface area contributed by atoms with E-state index in [4.69, 9.17) is 0 Å². The van der Waals surface area contributed by atoms with Gasteiger partial charge in [-0.05, 0) is 40.4 Å². The van der Waals surface area contributed by atoms with Gasteiger partial charge in [-0.25, -0.2) is 0 Å². The Kier molecular flexibility index (Phi) is 15.9. The molecule has 0 rings (SSSR count). The predicted molar refractivity (Wildman–Crippen MR) is 98.3 cm³/mol. The van der Waals surface area contributed by atoms with E-state index in [2.05, 4.69) is 32.5 Å². The molecule has 1 amide bonds. The summed E-state index contributed by atoms with van der Waals surface area (Å²) in [5.41, 5.74) is 0.654. The summed E-state index contributed by atoms with van der Waals surface area (Å²) in [6, 6.07) is 0. The predicted octanol–water partition coefficient (Wildman–Crippen LogP) is 4.28. The van der Waals surface area contributed by atoms with Gasteiger partial charge >= 0.3 is 0 Å². The molecule has 0 spiro atoms. The van der Waals surface area contributed by atoms with Gasteiger partial charge in [0.25, 0.3) is 0 Å². The molecular formula is C17H35BrN2O. The van der Waals surface area contributed by atoms with E-state index in [0.29, 0.717) is 5.57 Å². The molecule has 0 saturated carbocycles. The normalized spacial score (nSPS) is 10.3. The van der Waals surface area contributed by atoms with Crippen LogP contribution in [-0.2, 0) is 4.79 Å². The fourth-order valence-corrected chi connectivity index (χ4v) is 2.25. The van der Waals surface area contributed by atoms with Gasteiger partial charge in [0, 0.05) is 18.7 Å². The number of amides is 1. The smallest absolute Gasteiger partial charge is 0.248 e. The first kappa shape index (κ1) is 22.9. The van der Waals surface area contributed by atoms with Crippen molar-refractivity contribution in [2.75, 3.05) is 33.7 Å². The third-order valence-electron chi connectivity index (χ3n) is 3.47. The van der Waals surface area contributed by atoms with Crippen LogP contribution in [0.25, 0.3) is 0 Å². The Bertz CT molecular complexity index is 280. The van der Waals surface area contributed by atoms with Crippen molar-refractivity contribution < 1.29 is 4.79 Å². The molecule has 0 atom stereocenters. The zero-order valence-corrected chi connectivity index (χ0v) is 16.2. The maximum atomic E-state index is 12.1. The standard InChI is InChI=1S/C17H34N2O.BrH/c1-6-7-8-9-10-11-14-19(17(20)16(2)3)15-12-13-18(4)5;/h2,6-15H2,1,3-5H3;1H. The lowest BCUT2D eigenvalue weighted by molar-refractivity contribution is -0.127. The van der Waals surface area contributed by atoms with Crippen LogP contribution < -0.4 is 0 Å². The first-order valence-corrected chi connectivity index (χ1v) is 8.08. The van der Waals surface area contributed by atoms with Crippen LogP contribution in [-0.4, -0.2) is 49.4 Å². The topological polar surface area (TPSA) is 23.6 Å². The van der Waals surface area contributed by atoms with Crippen molar-refractivity contribution in [3.05, 3.63) is 12.2 Å². The van der Waals surface area contributed by atoms with Crippen LogP contribution in [0.3, 0.4) is 0 Å². The number of nitrogens with zero attached hydrogens (tertiary/aromatic N) is 2. The van der Waals surface area contributed by atoms with E-state index in [-0.39, 0.29) is 22.9 Å². The zero-order valence-electron chi connectivity index (χ0n) is 14.5. The van der Waals surface area contributed by atoms with Crippen LogP contribution in [0.2, 0.25) is 0 Å². The van der Waals surface area contributed by atoms with Crippen molar-refractivity contribution in [2.45, 2.75) is 58.8 Å². The molecule has 0 N–H and O–H groups in total. The summed E-state index contributed by atoms with van der Waals surface area (Å²) >= 11 is 0. The molecular weight excluding hydrogens is 328 g/mol. The van der Waals surface area contributed by atoms with Gasteiger partial charge in [0.2, 0.25) is 5.91 Å². The lowest BCUT2D eigenvalue weighted by Gasteiger charge is -2.23. The van der Waals surface area contributed by atoms with Gasteiger partial charge in [0.05, 0.1) is 0 Å². The summed E-state index contributed by atoms with van der Waals surface area (Å²) in [7, 11) is 4.14. The molecule has 0 aliphatic carbocycles. The van der Waals surface area contributed by atoms with Gasteiger partial charge in [-0.3, -0.25) is 4.79 Å². The number of halogens is 1. The van der Waals surface area contributed by atoms with Crippen LogP contribution in [0.4, 0.5) is 0 Å². The molecule has 0 aromatic rings. The highest BCUT2D eigenvalue weighted by Gasteiger charge is 2.13.